The SMILES string of the molecule is CCNC(=NCC(C)Oc1ccccc1OC)NC1CCN(CC(=O)N(C)C)CC1.I. The monoisotopic (exact) mass is 547 g/mol. The molecule has 0 radical (unpaired) electrons. The number of ether oxygens (including phenoxy) is 2. The van der Waals surface area contributed by atoms with Crippen molar-refractivity contribution < 1.29 is 14.3 Å². The Balaban J connectivity index is 0.00000480. The Kier molecular flexibility index (Phi) is 12.6. The van der Waals surface area contributed by atoms with Crippen LogP contribution in [0.25, 0.3) is 0 Å². The van der Waals surface area contributed by atoms with Gasteiger partial charge in [0.15, 0.2) is 17.5 Å². The fourth-order valence-electron chi connectivity index (χ4n) is 3.27. The number of hydrogen-bond acceptors (Lipinski definition) is 5. The van der Waals surface area contributed by atoms with E-state index in [1.165, 1.54) is 0 Å². The van der Waals surface area contributed by atoms with Gasteiger partial charge in [0.05, 0.1) is 20.2 Å². The van der Waals surface area contributed by atoms with Crippen LogP contribution in [0.5, 0.6) is 11.5 Å². The van der Waals surface area contributed by atoms with Gasteiger partial charge < -0.3 is 25.0 Å². The van der Waals surface area contributed by atoms with E-state index in [0.717, 1.165) is 49.9 Å². The van der Waals surface area contributed by atoms with E-state index in [1.807, 2.05) is 31.2 Å². The maximum atomic E-state index is 11.9. The predicted octanol–water partition coefficient (Wildman–Crippen LogP) is 2.19. The van der Waals surface area contributed by atoms with Crippen LogP contribution in [0, 0.1) is 0 Å². The molecule has 0 saturated carbocycles. The largest absolute Gasteiger partial charge is 0.493 e. The van der Waals surface area contributed by atoms with Crippen LogP contribution in [-0.2, 0) is 4.79 Å². The zero-order chi connectivity index (χ0) is 21.9. The molecule has 8 nitrogen and oxygen atoms in total. The minimum Gasteiger partial charge on any atom is -0.493 e. The lowest BCUT2D eigenvalue weighted by Gasteiger charge is -2.33. The highest BCUT2D eigenvalue weighted by Gasteiger charge is 2.22. The van der Waals surface area contributed by atoms with Gasteiger partial charge in [-0.05, 0) is 38.8 Å². The van der Waals surface area contributed by atoms with Gasteiger partial charge in [-0.3, -0.25) is 9.69 Å². The molecule has 1 aromatic carbocycles. The van der Waals surface area contributed by atoms with E-state index in [-0.39, 0.29) is 36.0 Å². The average Bonchev–Trinajstić information content (AvgIpc) is 2.74. The molecule has 31 heavy (non-hydrogen) atoms. The lowest BCUT2D eigenvalue weighted by molar-refractivity contribution is -0.130. The van der Waals surface area contributed by atoms with Crippen molar-refractivity contribution in [3.8, 4) is 11.5 Å². The summed E-state index contributed by atoms with van der Waals surface area (Å²) in [6.45, 7) is 7.69. The lowest BCUT2D eigenvalue weighted by atomic mass is 10.1. The maximum absolute atomic E-state index is 11.9. The number of nitrogens with zero attached hydrogens (tertiary/aromatic N) is 3. The lowest BCUT2D eigenvalue weighted by Crippen LogP contribution is -2.50. The van der Waals surface area contributed by atoms with Crippen LogP contribution in [0.2, 0.25) is 0 Å². The van der Waals surface area contributed by atoms with E-state index < -0.39 is 0 Å². The number of amides is 1. The van der Waals surface area contributed by atoms with E-state index in [9.17, 15) is 4.79 Å². The van der Waals surface area contributed by atoms with Crippen LogP contribution in [-0.4, -0.2) is 87.7 Å². The molecule has 176 valence electrons. The first-order valence-electron chi connectivity index (χ1n) is 10.7. The number of benzene rings is 1. The number of aliphatic imine (C=N–C) groups is 1. The number of likely N-dealkylation sites (N-methyl/N-ethyl adjacent to an activating group) is 1. The summed E-state index contributed by atoms with van der Waals surface area (Å²) in [5.41, 5.74) is 0. The molecule has 1 aliphatic rings. The van der Waals surface area contributed by atoms with Crippen LogP contribution < -0.4 is 20.1 Å². The molecule has 2 N–H and O–H groups in total. The van der Waals surface area contributed by atoms with E-state index in [1.54, 1.807) is 26.1 Å². The van der Waals surface area contributed by atoms with Crippen LogP contribution in [0.15, 0.2) is 29.3 Å². The third-order valence-electron chi connectivity index (χ3n) is 5.03. The van der Waals surface area contributed by atoms with Crippen molar-refractivity contribution >= 4 is 35.8 Å². The summed E-state index contributed by atoms with van der Waals surface area (Å²) < 4.78 is 11.3. The number of carbonyl (C=O) groups excluding carboxylic acids is 1. The maximum Gasteiger partial charge on any atom is 0.236 e. The highest BCUT2D eigenvalue weighted by Crippen LogP contribution is 2.26. The number of piperidine rings is 1. The van der Waals surface area contributed by atoms with E-state index in [2.05, 4.69) is 22.5 Å². The third-order valence-corrected chi connectivity index (χ3v) is 5.03. The van der Waals surface area contributed by atoms with E-state index in [4.69, 9.17) is 14.5 Å². The smallest absolute Gasteiger partial charge is 0.236 e. The minimum atomic E-state index is -0.0874. The van der Waals surface area contributed by atoms with Gasteiger partial charge in [0.1, 0.15) is 6.10 Å². The zero-order valence-electron chi connectivity index (χ0n) is 19.4. The molecule has 2 rings (SSSR count). The van der Waals surface area contributed by atoms with Crippen LogP contribution in [0.3, 0.4) is 0 Å². The molecule has 1 fully saturated rings. The molecule has 1 amide bonds. The van der Waals surface area contributed by atoms with Gasteiger partial charge in [-0.25, -0.2) is 4.99 Å². The molecule has 1 saturated heterocycles. The predicted molar refractivity (Wildman–Crippen MR) is 136 cm³/mol. The van der Waals surface area contributed by atoms with Crippen molar-refractivity contribution in [1.29, 1.82) is 0 Å². The van der Waals surface area contributed by atoms with Crippen LogP contribution in [0.1, 0.15) is 26.7 Å². The van der Waals surface area contributed by atoms with Gasteiger partial charge in [-0.2, -0.15) is 0 Å². The summed E-state index contributed by atoms with van der Waals surface area (Å²) in [7, 11) is 5.24. The number of likely N-dealkylation sites (tertiary alicyclic amines) is 1. The average molecular weight is 547 g/mol. The molecular formula is C22H38IN5O3. The minimum absolute atomic E-state index is 0. The molecule has 9 heteroatoms. The Labute approximate surface area is 203 Å². The quantitative estimate of drug-likeness (QED) is 0.281. The molecule has 1 aliphatic heterocycles. The molecule has 1 unspecified atom stereocenters. The molecule has 1 aromatic rings. The summed E-state index contributed by atoms with van der Waals surface area (Å²) in [6.07, 6.45) is 1.88. The summed E-state index contributed by atoms with van der Waals surface area (Å²) in [5.74, 6) is 2.40. The second kappa shape index (κ2) is 14.3. The number of hydrogen-bond donors (Lipinski definition) is 2. The molecule has 0 spiro atoms. The van der Waals surface area contributed by atoms with Crippen molar-refractivity contribution in [3.05, 3.63) is 24.3 Å². The number of para-hydroxylation sites is 2. The van der Waals surface area contributed by atoms with Gasteiger partial charge in [0.2, 0.25) is 5.91 Å². The first-order chi connectivity index (χ1) is 14.4. The molecule has 0 aromatic heterocycles. The van der Waals surface area contributed by atoms with Crippen LogP contribution >= 0.6 is 24.0 Å². The number of nitrogens with one attached hydrogen (secondary N) is 2. The van der Waals surface area contributed by atoms with Crippen molar-refractivity contribution in [1.82, 2.24) is 20.4 Å². The fraction of sp³-hybridized carbons (Fsp3) is 0.636. The van der Waals surface area contributed by atoms with Crippen molar-refractivity contribution in [2.75, 3.05) is 53.9 Å². The Morgan fingerprint density at radius 2 is 1.90 bits per heavy atom. The molecule has 0 bridgehead atoms. The first-order valence-corrected chi connectivity index (χ1v) is 10.7. The van der Waals surface area contributed by atoms with E-state index in [0.29, 0.717) is 19.1 Å². The number of halogens is 1. The third kappa shape index (κ3) is 9.51. The number of methoxy groups -OCH3 is 1. The normalized spacial score (nSPS) is 16.1. The van der Waals surface area contributed by atoms with Gasteiger partial charge in [-0.15, -0.1) is 24.0 Å². The Hall–Kier alpha value is -1.75. The number of guanidine groups is 1. The second-order valence-corrected chi connectivity index (χ2v) is 7.78. The number of rotatable bonds is 9. The van der Waals surface area contributed by atoms with Gasteiger partial charge >= 0.3 is 0 Å². The van der Waals surface area contributed by atoms with Gasteiger partial charge in [0, 0.05) is 39.8 Å². The Morgan fingerprint density at radius 3 is 2.48 bits per heavy atom. The van der Waals surface area contributed by atoms with Gasteiger partial charge in [-0.1, -0.05) is 12.1 Å². The zero-order valence-corrected chi connectivity index (χ0v) is 21.7. The molecular weight excluding hydrogens is 509 g/mol. The van der Waals surface area contributed by atoms with E-state index >= 15 is 0 Å². The van der Waals surface area contributed by atoms with Crippen molar-refractivity contribution in [3.63, 3.8) is 0 Å². The number of carbonyl (C=O) groups is 1. The second-order valence-electron chi connectivity index (χ2n) is 7.78. The fourth-order valence-corrected chi connectivity index (χ4v) is 3.27. The first kappa shape index (κ1) is 27.3. The topological polar surface area (TPSA) is 78.4 Å². The summed E-state index contributed by atoms with van der Waals surface area (Å²) in [6, 6.07) is 7.98. The summed E-state index contributed by atoms with van der Waals surface area (Å²) in [4.78, 5) is 20.5. The highest BCUT2D eigenvalue weighted by atomic mass is 127. The Morgan fingerprint density at radius 1 is 1.26 bits per heavy atom. The summed E-state index contributed by atoms with van der Waals surface area (Å²) in [5, 5.41) is 6.85. The van der Waals surface area contributed by atoms with Gasteiger partial charge in [0.25, 0.3) is 0 Å². The highest BCUT2D eigenvalue weighted by molar-refractivity contribution is 14.0. The van der Waals surface area contributed by atoms with Crippen molar-refractivity contribution in [2.24, 2.45) is 4.99 Å². The Bertz CT molecular complexity index is 693. The van der Waals surface area contributed by atoms with Crippen molar-refractivity contribution in [2.45, 2.75) is 38.8 Å². The van der Waals surface area contributed by atoms with Crippen LogP contribution in [0.4, 0.5) is 0 Å². The standard InChI is InChI=1S/C22H37N5O3.HI/c1-6-23-22(24-15-17(2)30-20-10-8-7-9-19(20)29-5)25-18-11-13-27(14-12-18)16-21(28)26(3)4;/h7-10,17-18H,6,11-16H2,1-5H3,(H2,23,24,25);1H. The molecule has 0 aliphatic carbocycles. The molecule has 1 atom stereocenters. The summed E-state index contributed by atoms with van der Waals surface area (Å²) >= 11 is 0. The molecule has 1 heterocycles.